The Morgan fingerprint density at radius 1 is 1.33 bits per heavy atom. The quantitative estimate of drug-likeness (QED) is 0.806. The molecule has 0 fully saturated rings. The van der Waals surface area contributed by atoms with E-state index in [1.165, 1.54) is 0 Å². The second-order valence-electron chi connectivity index (χ2n) is 5.02. The molecule has 2 amide bonds. The van der Waals surface area contributed by atoms with Crippen molar-refractivity contribution in [2.24, 2.45) is 5.92 Å². The van der Waals surface area contributed by atoms with E-state index >= 15 is 0 Å². The van der Waals surface area contributed by atoms with Crippen LogP contribution >= 0.6 is 0 Å². The minimum Gasteiger partial charge on any atom is -0.480 e. The molecular weight excluding hydrogens is 270 g/mol. The number of nitrogens with zero attached hydrogens (tertiary/aromatic N) is 2. The molecule has 0 aliphatic rings. The van der Waals surface area contributed by atoms with Gasteiger partial charge >= 0.3 is 12.0 Å². The number of carboxylic acid groups (broad SMARTS) is 1. The molecule has 1 aromatic rings. The minimum absolute atomic E-state index is 0.119. The van der Waals surface area contributed by atoms with Crippen LogP contribution in [0, 0.1) is 5.92 Å². The summed E-state index contributed by atoms with van der Waals surface area (Å²) in [6, 6.07) is 2.44. The largest absolute Gasteiger partial charge is 0.480 e. The third-order valence-electron chi connectivity index (χ3n) is 3.55. The molecule has 6 nitrogen and oxygen atoms in total. The van der Waals surface area contributed by atoms with Crippen LogP contribution < -0.4 is 5.32 Å². The molecule has 2 atom stereocenters. The molecule has 2 N–H and O–H groups in total. The van der Waals surface area contributed by atoms with E-state index in [1.54, 1.807) is 17.3 Å². The normalized spacial score (nSPS) is 13.3. The highest BCUT2D eigenvalue weighted by Crippen LogP contribution is 2.10. The van der Waals surface area contributed by atoms with Gasteiger partial charge in [-0.2, -0.15) is 0 Å². The summed E-state index contributed by atoms with van der Waals surface area (Å²) in [6.45, 7) is 6.51. The monoisotopic (exact) mass is 293 g/mol. The average molecular weight is 293 g/mol. The van der Waals surface area contributed by atoms with E-state index in [0.717, 1.165) is 5.56 Å². The number of carboxylic acids is 1. The number of carbonyl (C=O) groups is 2. The summed E-state index contributed by atoms with van der Waals surface area (Å²) < 4.78 is 0. The molecule has 0 aliphatic heterocycles. The molecule has 0 radical (unpaired) electrons. The fourth-order valence-electron chi connectivity index (χ4n) is 1.94. The molecule has 1 heterocycles. The van der Waals surface area contributed by atoms with Gasteiger partial charge in [0, 0.05) is 25.5 Å². The SMILES string of the molecule is CC[C@H](C)[C@H](NC(=O)N(CC)Cc1ccncc1)C(=O)O. The number of hydrogen-bond donors (Lipinski definition) is 2. The van der Waals surface area contributed by atoms with Crippen LogP contribution in [-0.2, 0) is 11.3 Å². The molecule has 0 saturated carbocycles. The zero-order valence-corrected chi connectivity index (χ0v) is 12.7. The van der Waals surface area contributed by atoms with Crippen molar-refractivity contribution in [1.82, 2.24) is 15.2 Å². The Hall–Kier alpha value is -2.11. The maximum absolute atomic E-state index is 12.2. The van der Waals surface area contributed by atoms with Crippen molar-refractivity contribution in [1.29, 1.82) is 0 Å². The van der Waals surface area contributed by atoms with Crippen LogP contribution in [0.1, 0.15) is 32.8 Å². The van der Waals surface area contributed by atoms with E-state index in [1.807, 2.05) is 32.9 Å². The number of amides is 2. The predicted octanol–water partition coefficient (Wildman–Crippen LogP) is 2.11. The minimum atomic E-state index is -1.00. The Morgan fingerprint density at radius 2 is 1.95 bits per heavy atom. The fourth-order valence-corrected chi connectivity index (χ4v) is 1.94. The topological polar surface area (TPSA) is 82.5 Å². The van der Waals surface area contributed by atoms with Gasteiger partial charge in [0.05, 0.1) is 0 Å². The fraction of sp³-hybridized carbons (Fsp3) is 0.533. The van der Waals surface area contributed by atoms with E-state index in [4.69, 9.17) is 0 Å². The number of pyridine rings is 1. The lowest BCUT2D eigenvalue weighted by molar-refractivity contribution is -0.140. The van der Waals surface area contributed by atoms with Crippen LogP contribution in [0.2, 0.25) is 0 Å². The second kappa shape index (κ2) is 8.24. The molecule has 1 rings (SSSR count). The van der Waals surface area contributed by atoms with E-state index in [2.05, 4.69) is 10.3 Å². The Kier molecular flexibility index (Phi) is 6.65. The predicted molar refractivity (Wildman–Crippen MR) is 79.7 cm³/mol. The summed E-state index contributed by atoms with van der Waals surface area (Å²) in [7, 11) is 0. The Balaban J connectivity index is 2.72. The summed E-state index contributed by atoms with van der Waals surface area (Å²) >= 11 is 0. The highest BCUT2D eigenvalue weighted by Gasteiger charge is 2.27. The first-order chi connectivity index (χ1) is 9.99. The van der Waals surface area contributed by atoms with Gasteiger partial charge in [-0.25, -0.2) is 9.59 Å². The van der Waals surface area contributed by atoms with Gasteiger partial charge in [-0.1, -0.05) is 20.3 Å². The van der Waals surface area contributed by atoms with Crippen molar-refractivity contribution >= 4 is 12.0 Å². The summed E-state index contributed by atoms with van der Waals surface area (Å²) in [4.78, 5) is 29.0. The summed E-state index contributed by atoms with van der Waals surface area (Å²) in [5.74, 6) is -1.12. The Bertz CT molecular complexity index is 464. The van der Waals surface area contributed by atoms with E-state index in [0.29, 0.717) is 19.5 Å². The maximum Gasteiger partial charge on any atom is 0.326 e. The van der Waals surface area contributed by atoms with Gasteiger partial charge in [0.1, 0.15) is 6.04 Å². The molecule has 0 aromatic carbocycles. The summed E-state index contributed by atoms with van der Waals surface area (Å²) in [5.41, 5.74) is 0.956. The molecule has 116 valence electrons. The molecule has 21 heavy (non-hydrogen) atoms. The average Bonchev–Trinajstić information content (AvgIpc) is 2.49. The van der Waals surface area contributed by atoms with Crippen LogP contribution in [0.15, 0.2) is 24.5 Å². The molecule has 0 spiro atoms. The van der Waals surface area contributed by atoms with Gasteiger partial charge in [-0.3, -0.25) is 4.98 Å². The van der Waals surface area contributed by atoms with Gasteiger partial charge in [0.25, 0.3) is 0 Å². The first-order valence-corrected chi connectivity index (χ1v) is 7.16. The molecule has 1 aromatic heterocycles. The van der Waals surface area contributed by atoms with Gasteiger partial charge in [0.2, 0.25) is 0 Å². The summed E-state index contributed by atoms with van der Waals surface area (Å²) in [5, 5.41) is 11.8. The lowest BCUT2D eigenvalue weighted by Crippen LogP contribution is -2.50. The Labute approximate surface area is 125 Å². The number of urea groups is 1. The zero-order valence-electron chi connectivity index (χ0n) is 12.7. The van der Waals surface area contributed by atoms with Crippen LogP contribution in [0.3, 0.4) is 0 Å². The smallest absolute Gasteiger partial charge is 0.326 e. The van der Waals surface area contributed by atoms with Crippen molar-refractivity contribution in [3.05, 3.63) is 30.1 Å². The van der Waals surface area contributed by atoms with Gasteiger partial charge in [-0.15, -0.1) is 0 Å². The van der Waals surface area contributed by atoms with Gasteiger partial charge in [-0.05, 0) is 30.5 Å². The van der Waals surface area contributed by atoms with Gasteiger partial charge in [0.15, 0.2) is 0 Å². The van der Waals surface area contributed by atoms with Crippen molar-refractivity contribution < 1.29 is 14.7 Å². The van der Waals surface area contributed by atoms with Crippen molar-refractivity contribution in [3.63, 3.8) is 0 Å². The highest BCUT2D eigenvalue weighted by atomic mass is 16.4. The Morgan fingerprint density at radius 3 is 2.43 bits per heavy atom. The molecule has 0 bridgehead atoms. The molecule has 6 heteroatoms. The summed E-state index contributed by atoms with van der Waals surface area (Å²) in [6.07, 6.45) is 4.02. The lowest BCUT2D eigenvalue weighted by atomic mass is 9.99. The first kappa shape index (κ1) is 16.9. The van der Waals surface area contributed by atoms with E-state index < -0.39 is 12.0 Å². The number of carbonyl (C=O) groups excluding carboxylic acids is 1. The number of aliphatic carboxylic acids is 1. The number of hydrogen-bond acceptors (Lipinski definition) is 3. The van der Waals surface area contributed by atoms with E-state index in [-0.39, 0.29) is 11.9 Å². The molecule has 0 saturated heterocycles. The maximum atomic E-state index is 12.2. The van der Waals surface area contributed by atoms with Gasteiger partial charge < -0.3 is 15.3 Å². The molecular formula is C15H23N3O3. The third-order valence-corrected chi connectivity index (χ3v) is 3.55. The number of rotatable bonds is 7. The second-order valence-corrected chi connectivity index (χ2v) is 5.02. The number of aromatic nitrogens is 1. The zero-order chi connectivity index (χ0) is 15.8. The van der Waals surface area contributed by atoms with Crippen LogP contribution in [0.4, 0.5) is 4.79 Å². The lowest BCUT2D eigenvalue weighted by Gasteiger charge is -2.26. The van der Waals surface area contributed by atoms with Crippen molar-refractivity contribution in [2.45, 2.75) is 39.8 Å². The van der Waals surface area contributed by atoms with Crippen LogP contribution in [-0.4, -0.2) is 39.6 Å². The molecule has 0 unspecified atom stereocenters. The number of nitrogens with one attached hydrogen (secondary N) is 1. The first-order valence-electron chi connectivity index (χ1n) is 7.16. The van der Waals surface area contributed by atoms with Crippen molar-refractivity contribution in [3.8, 4) is 0 Å². The third kappa shape index (κ3) is 5.06. The van der Waals surface area contributed by atoms with E-state index in [9.17, 15) is 14.7 Å². The van der Waals surface area contributed by atoms with Crippen molar-refractivity contribution in [2.75, 3.05) is 6.54 Å². The van der Waals surface area contributed by atoms with Crippen LogP contribution in [0.25, 0.3) is 0 Å². The molecule has 0 aliphatic carbocycles. The standard InChI is InChI=1S/C15H23N3O3/c1-4-11(3)13(14(19)20)17-15(21)18(5-2)10-12-6-8-16-9-7-12/h6-9,11,13H,4-5,10H2,1-3H3,(H,17,21)(H,19,20)/t11-,13-/m0/s1. The highest BCUT2D eigenvalue weighted by molar-refractivity contribution is 5.82. The van der Waals surface area contributed by atoms with Crippen LogP contribution in [0.5, 0.6) is 0 Å².